The lowest BCUT2D eigenvalue weighted by Gasteiger charge is -2.30. The third-order valence-corrected chi connectivity index (χ3v) is 8.35. The van der Waals surface area contributed by atoms with Crippen LogP contribution >= 0.6 is 0 Å². The van der Waals surface area contributed by atoms with E-state index in [-0.39, 0.29) is 33.3 Å². The van der Waals surface area contributed by atoms with Gasteiger partial charge in [-0.25, -0.2) is 18.2 Å². The minimum atomic E-state index is -4.08. The predicted molar refractivity (Wildman–Crippen MR) is 144 cm³/mol. The molecule has 39 heavy (non-hydrogen) atoms. The van der Waals surface area contributed by atoms with Gasteiger partial charge in [0.15, 0.2) is 11.5 Å². The highest BCUT2D eigenvalue weighted by Crippen LogP contribution is 2.37. The number of carbonyl (C=O) groups is 2. The van der Waals surface area contributed by atoms with Gasteiger partial charge >= 0.3 is 5.97 Å². The second-order valence-corrected chi connectivity index (χ2v) is 11.2. The number of fused-ring (bicyclic) bond motifs is 1. The van der Waals surface area contributed by atoms with Gasteiger partial charge < -0.3 is 14.8 Å². The van der Waals surface area contributed by atoms with Crippen molar-refractivity contribution in [3.05, 3.63) is 94.8 Å². The number of pyridine rings is 1. The van der Waals surface area contributed by atoms with Gasteiger partial charge in [0.05, 0.1) is 23.7 Å². The number of nitrogens with zero attached hydrogens (tertiary/aromatic N) is 3. The van der Waals surface area contributed by atoms with E-state index < -0.39 is 21.9 Å². The smallest absolute Gasteiger partial charge is 0.343 e. The number of rotatable bonds is 6. The number of amides is 1. The number of esters is 1. The van der Waals surface area contributed by atoms with E-state index >= 15 is 0 Å². The number of anilines is 1. The SMILES string of the molecule is Cc1cccc(NC(=O)C2=C(OC(=O)c3ccc(CN4CCOCC4)cc3)c3ccccc3S(=O)(=O)N2C)n1. The Bertz CT molecular complexity index is 1550. The second kappa shape index (κ2) is 11.0. The molecule has 10 nitrogen and oxygen atoms in total. The van der Waals surface area contributed by atoms with Gasteiger partial charge in [0.2, 0.25) is 0 Å². The summed E-state index contributed by atoms with van der Waals surface area (Å²) in [6.07, 6.45) is 0. The molecule has 1 amide bonds. The summed E-state index contributed by atoms with van der Waals surface area (Å²) in [5.74, 6) is -1.42. The van der Waals surface area contributed by atoms with Gasteiger partial charge in [0, 0.05) is 37.9 Å². The molecule has 0 unspecified atom stereocenters. The zero-order valence-electron chi connectivity index (χ0n) is 21.6. The van der Waals surface area contributed by atoms with Crippen LogP contribution in [0, 0.1) is 6.92 Å². The summed E-state index contributed by atoms with van der Waals surface area (Å²) >= 11 is 0. The topological polar surface area (TPSA) is 118 Å². The largest absolute Gasteiger partial charge is 0.420 e. The van der Waals surface area contributed by atoms with Crippen molar-refractivity contribution in [3.63, 3.8) is 0 Å². The van der Waals surface area contributed by atoms with Crippen LogP contribution in [0.4, 0.5) is 5.82 Å². The van der Waals surface area contributed by atoms with Gasteiger partial charge in [-0.2, -0.15) is 0 Å². The molecule has 3 heterocycles. The summed E-state index contributed by atoms with van der Waals surface area (Å²) in [7, 11) is -2.83. The Morgan fingerprint density at radius 2 is 1.72 bits per heavy atom. The summed E-state index contributed by atoms with van der Waals surface area (Å²) in [6, 6.07) is 18.2. The van der Waals surface area contributed by atoms with Crippen LogP contribution in [0.5, 0.6) is 0 Å². The van der Waals surface area contributed by atoms with Crippen molar-refractivity contribution in [1.82, 2.24) is 14.2 Å². The van der Waals surface area contributed by atoms with Gasteiger partial charge in [-0.1, -0.05) is 30.3 Å². The maximum absolute atomic E-state index is 13.4. The van der Waals surface area contributed by atoms with E-state index in [1.54, 1.807) is 49.4 Å². The van der Waals surface area contributed by atoms with E-state index in [1.165, 1.54) is 19.2 Å². The van der Waals surface area contributed by atoms with E-state index in [9.17, 15) is 18.0 Å². The molecule has 0 atom stereocenters. The molecule has 1 saturated heterocycles. The van der Waals surface area contributed by atoms with Crippen molar-refractivity contribution in [2.75, 3.05) is 38.7 Å². The molecule has 0 saturated carbocycles. The van der Waals surface area contributed by atoms with Gasteiger partial charge in [0.1, 0.15) is 5.82 Å². The predicted octanol–water partition coefficient (Wildman–Crippen LogP) is 3.02. The highest BCUT2D eigenvalue weighted by Gasteiger charge is 2.39. The molecule has 0 spiro atoms. The first-order valence-corrected chi connectivity index (χ1v) is 13.9. The van der Waals surface area contributed by atoms with E-state index in [1.807, 2.05) is 12.1 Å². The summed E-state index contributed by atoms with van der Waals surface area (Å²) in [6.45, 7) is 5.58. The van der Waals surface area contributed by atoms with Gasteiger partial charge in [-0.15, -0.1) is 0 Å². The first-order valence-electron chi connectivity index (χ1n) is 12.4. The summed E-state index contributed by atoms with van der Waals surface area (Å²) in [5, 5.41) is 2.62. The first kappa shape index (κ1) is 26.5. The Balaban J connectivity index is 1.47. The van der Waals surface area contributed by atoms with E-state index in [0.29, 0.717) is 18.9 Å². The minimum absolute atomic E-state index is 0.0682. The van der Waals surface area contributed by atoms with Gasteiger partial charge in [-0.05, 0) is 48.9 Å². The van der Waals surface area contributed by atoms with Crippen molar-refractivity contribution in [2.24, 2.45) is 0 Å². The summed E-state index contributed by atoms with van der Waals surface area (Å²) < 4.78 is 38.5. The van der Waals surface area contributed by atoms with E-state index in [0.717, 1.165) is 29.5 Å². The zero-order chi connectivity index (χ0) is 27.6. The molecule has 1 N–H and O–H groups in total. The lowest BCUT2D eigenvalue weighted by molar-refractivity contribution is -0.113. The van der Waals surface area contributed by atoms with Crippen LogP contribution in [0.25, 0.3) is 5.76 Å². The Kier molecular flexibility index (Phi) is 7.47. The fourth-order valence-corrected chi connectivity index (χ4v) is 5.86. The van der Waals surface area contributed by atoms with Crippen molar-refractivity contribution in [3.8, 4) is 0 Å². The highest BCUT2D eigenvalue weighted by molar-refractivity contribution is 7.89. The Morgan fingerprint density at radius 3 is 2.44 bits per heavy atom. The molecular weight excluding hydrogens is 520 g/mol. The Labute approximate surface area is 226 Å². The number of aromatic nitrogens is 1. The number of carbonyl (C=O) groups excluding carboxylic acids is 2. The molecule has 202 valence electrons. The molecule has 0 bridgehead atoms. The number of ether oxygens (including phenoxy) is 2. The van der Waals surface area contributed by atoms with Gasteiger partial charge in [0.25, 0.3) is 15.9 Å². The van der Waals surface area contributed by atoms with Crippen LogP contribution in [-0.2, 0) is 30.8 Å². The average molecular weight is 549 g/mol. The number of hydrogen-bond acceptors (Lipinski definition) is 8. The van der Waals surface area contributed by atoms with Crippen LogP contribution in [0.3, 0.4) is 0 Å². The monoisotopic (exact) mass is 548 g/mol. The number of benzene rings is 2. The molecule has 0 aliphatic carbocycles. The van der Waals surface area contributed by atoms with Crippen molar-refractivity contribution in [1.29, 1.82) is 0 Å². The number of hydrogen-bond donors (Lipinski definition) is 1. The maximum atomic E-state index is 13.4. The van der Waals surface area contributed by atoms with Crippen LogP contribution < -0.4 is 5.32 Å². The van der Waals surface area contributed by atoms with Crippen molar-refractivity contribution >= 4 is 33.5 Å². The molecule has 1 aromatic heterocycles. The molecule has 0 radical (unpaired) electrons. The summed E-state index contributed by atoms with van der Waals surface area (Å²) in [4.78, 5) is 33.2. The average Bonchev–Trinajstić information content (AvgIpc) is 2.93. The second-order valence-electron chi connectivity index (χ2n) is 9.24. The number of likely N-dealkylation sites (N-methyl/N-ethyl adjacent to an activating group) is 1. The quantitative estimate of drug-likeness (QED) is 0.467. The standard InChI is InChI=1S/C28H28N4O6S/c1-19-6-5-9-24(29-19)30-27(33)25-26(22-7-3-4-8-23(22)39(35,36)31(25)2)38-28(34)21-12-10-20(11-13-21)18-32-14-16-37-17-15-32/h3-13H,14-18H2,1-2H3,(H,29,30,33). The third kappa shape index (κ3) is 5.56. The third-order valence-electron chi connectivity index (χ3n) is 6.54. The molecule has 3 aromatic rings. The highest BCUT2D eigenvalue weighted by atomic mass is 32.2. The fraction of sp³-hybridized carbons (Fsp3) is 0.250. The molecule has 11 heteroatoms. The van der Waals surface area contributed by atoms with Crippen LogP contribution in [0.15, 0.2) is 77.3 Å². The lowest BCUT2D eigenvalue weighted by Crippen LogP contribution is -2.38. The normalized spacial score (nSPS) is 16.9. The number of aryl methyl sites for hydroxylation is 1. The van der Waals surface area contributed by atoms with Crippen molar-refractivity contribution in [2.45, 2.75) is 18.4 Å². The summed E-state index contributed by atoms with van der Waals surface area (Å²) in [5.41, 5.74) is 1.76. The molecular formula is C28H28N4O6S. The van der Waals surface area contributed by atoms with Gasteiger partial charge in [-0.3, -0.25) is 14.0 Å². The molecule has 2 aliphatic rings. The molecule has 1 fully saturated rings. The van der Waals surface area contributed by atoms with Crippen molar-refractivity contribution < 1.29 is 27.5 Å². The zero-order valence-corrected chi connectivity index (χ0v) is 22.4. The molecule has 2 aromatic carbocycles. The van der Waals surface area contributed by atoms with E-state index in [4.69, 9.17) is 9.47 Å². The Morgan fingerprint density at radius 1 is 1.00 bits per heavy atom. The molecule has 5 rings (SSSR count). The Hall–Kier alpha value is -4.06. The fourth-order valence-electron chi connectivity index (χ4n) is 4.47. The number of sulfonamides is 1. The minimum Gasteiger partial charge on any atom is -0.420 e. The van der Waals surface area contributed by atoms with E-state index in [2.05, 4.69) is 15.2 Å². The maximum Gasteiger partial charge on any atom is 0.343 e. The number of morpholine rings is 1. The van der Waals surface area contributed by atoms with Crippen LogP contribution in [-0.4, -0.2) is 67.8 Å². The molecule has 2 aliphatic heterocycles. The number of nitrogens with one attached hydrogen (secondary N) is 1. The van der Waals surface area contributed by atoms with Crippen LogP contribution in [0.2, 0.25) is 0 Å². The van der Waals surface area contributed by atoms with Crippen LogP contribution in [0.1, 0.15) is 27.2 Å². The first-order chi connectivity index (χ1) is 18.7. The lowest BCUT2D eigenvalue weighted by atomic mass is 10.1.